The molecule has 0 spiro atoms. The van der Waals surface area contributed by atoms with Crippen LogP contribution in [-0.2, 0) is 4.79 Å². The predicted molar refractivity (Wildman–Crippen MR) is 49.7 cm³/mol. The van der Waals surface area contributed by atoms with Crippen molar-refractivity contribution in [2.24, 2.45) is 0 Å². The van der Waals surface area contributed by atoms with Crippen LogP contribution in [0.4, 0.5) is 0 Å². The van der Waals surface area contributed by atoms with Gasteiger partial charge in [-0.2, -0.15) is 0 Å². The molecule has 2 heteroatoms. The van der Waals surface area contributed by atoms with E-state index in [1.165, 1.54) is 0 Å². The van der Waals surface area contributed by atoms with Crippen LogP contribution in [0.15, 0.2) is 11.0 Å². The Morgan fingerprint density at radius 1 is 1.45 bits per heavy atom. The number of thioether (sulfide) groups is 1. The lowest BCUT2D eigenvalue weighted by Gasteiger charge is -1.98. The van der Waals surface area contributed by atoms with Crippen molar-refractivity contribution < 1.29 is 4.79 Å². The van der Waals surface area contributed by atoms with E-state index in [-0.39, 0.29) is 0 Å². The third-order valence-electron chi connectivity index (χ3n) is 1.69. The molecule has 0 aromatic carbocycles. The lowest BCUT2D eigenvalue weighted by atomic mass is 10.2. The summed E-state index contributed by atoms with van der Waals surface area (Å²) in [5.74, 6) is 0.359. The highest BCUT2D eigenvalue weighted by Crippen LogP contribution is 2.24. The van der Waals surface area contributed by atoms with Crippen molar-refractivity contribution in [2.75, 3.05) is 0 Å². The van der Waals surface area contributed by atoms with Gasteiger partial charge < -0.3 is 0 Å². The monoisotopic (exact) mass is 170 g/mol. The number of carbonyl (C=O) groups excluding carboxylic acids is 1. The Labute approximate surface area is 72.2 Å². The smallest absolute Gasteiger partial charge is 0.159 e. The lowest BCUT2D eigenvalue weighted by Crippen LogP contribution is -1.91. The fraction of sp³-hybridized carbons (Fsp3) is 0.667. The summed E-state index contributed by atoms with van der Waals surface area (Å²) in [4.78, 5) is 11.1. The van der Waals surface area contributed by atoms with E-state index in [4.69, 9.17) is 0 Å². The first-order valence-electron chi connectivity index (χ1n) is 4.08. The van der Waals surface area contributed by atoms with E-state index in [2.05, 4.69) is 13.8 Å². The molecule has 1 fully saturated rings. The van der Waals surface area contributed by atoms with E-state index in [9.17, 15) is 4.79 Å². The molecule has 1 nitrogen and oxygen atoms in total. The summed E-state index contributed by atoms with van der Waals surface area (Å²) in [6.45, 7) is 4.28. The van der Waals surface area contributed by atoms with Gasteiger partial charge in [0.05, 0.1) is 0 Å². The Hall–Kier alpha value is -0.240. The molecule has 0 amide bonds. The standard InChI is InChI=1S/C9H14OS/c1-7(2)11-6-8-4-3-5-9(8)10/h6-7H,3-5H2,1-2H3/b8-6+. The van der Waals surface area contributed by atoms with Gasteiger partial charge >= 0.3 is 0 Å². The number of rotatable bonds is 2. The predicted octanol–water partition coefficient (Wildman–Crippen LogP) is 2.76. The minimum absolute atomic E-state index is 0.359. The van der Waals surface area contributed by atoms with Crippen LogP contribution in [0.3, 0.4) is 0 Å². The van der Waals surface area contributed by atoms with Crippen molar-refractivity contribution in [2.45, 2.75) is 38.4 Å². The number of Topliss-reactive ketones (excluding diaryl/α,β-unsaturated/α-hetero) is 1. The van der Waals surface area contributed by atoms with Crippen molar-refractivity contribution in [1.29, 1.82) is 0 Å². The minimum atomic E-state index is 0.359. The molecule has 0 aromatic heterocycles. The van der Waals surface area contributed by atoms with Crippen molar-refractivity contribution in [3.05, 3.63) is 11.0 Å². The third-order valence-corrected chi connectivity index (χ3v) is 2.66. The first-order chi connectivity index (χ1) is 5.20. The topological polar surface area (TPSA) is 17.1 Å². The highest BCUT2D eigenvalue weighted by atomic mass is 32.2. The molecule has 1 saturated carbocycles. The average molecular weight is 170 g/mol. The van der Waals surface area contributed by atoms with Gasteiger partial charge in [-0.15, -0.1) is 11.8 Å². The summed E-state index contributed by atoms with van der Waals surface area (Å²) in [5, 5.41) is 2.64. The summed E-state index contributed by atoms with van der Waals surface area (Å²) < 4.78 is 0. The van der Waals surface area contributed by atoms with Gasteiger partial charge in [0, 0.05) is 17.2 Å². The maximum Gasteiger partial charge on any atom is 0.159 e. The first kappa shape index (κ1) is 8.85. The molecule has 0 unspecified atom stereocenters. The molecule has 1 rings (SSSR count). The zero-order valence-electron chi connectivity index (χ0n) is 7.09. The van der Waals surface area contributed by atoms with E-state index in [1.54, 1.807) is 11.8 Å². The molecular formula is C9H14OS. The van der Waals surface area contributed by atoms with Gasteiger partial charge in [0.1, 0.15) is 0 Å². The summed E-state index contributed by atoms with van der Waals surface area (Å²) in [6.07, 6.45) is 2.83. The Bertz CT molecular complexity index is 182. The highest BCUT2D eigenvalue weighted by molar-refractivity contribution is 8.02. The van der Waals surface area contributed by atoms with Gasteiger partial charge in [-0.25, -0.2) is 0 Å². The summed E-state index contributed by atoms with van der Waals surface area (Å²) in [5.41, 5.74) is 1.05. The van der Waals surface area contributed by atoms with E-state index >= 15 is 0 Å². The molecule has 1 aliphatic carbocycles. The highest BCUT2D eigenvalue weighted by Gasteiger charge is 2.16. The summed E-state index contributed by atoms with van der Waals surface area (Å²) in [6, 6.07) is 0. The largest absolute Gasteiger partial charge is 0.295 e. The molecule has 0 aromatic rings. The molecule has 0 N–H and O–H groups in total. The van der Waals surface area contributed by atoms with Crippen LogP contribution in [-0.4, -0.2) is 11.0 Å². The maximum atomic E-state index is 11.1. The lowest BCUT2D eigenvalue weighted by molar-refractivity contribution is -0.114. The van der Waals surface area contributed by atoms with E-state index in [0.717, 1.165) is 24.8 Å². The van der Waals surface area contributed by atoms with Gasteiger partial charge in [0.25, 0.3) is 0 Å². The fourth-order valence-electron chi connectivity index (χ4n) is 1.08. The minimum Gasteiger partial charge on any atom is -0.295 e. The molecule has 0 bridgehead atoms. The molecule has 62 valence electrons. The van der Waals surface area contributed by atoms with Crippen molar-refractivity contribution >= 4 is 17.5 Å². The number of hydrogen-bond donors (Lipinski definition) is 0. The Kier molecular flexibility index (Phi) is 3.18. The molecule has 0 heterocycles. The van der Waals surface area contributed by atoms with Crippen molar-refractivity contribution in [3.8, 4) is 0 Å². The number of carbonyl (C=O) groups is 1. The van der Waals surface area contributed by atoms with Gasteiger partial charge in [-0.05, 0) is 18.2 Å². The zero-order valence-corrected chi connectivity index (χ0v) is 7.91. The molecule has 0 radical (unpaired) electrons. The first-order valence-corrected chi connectivity index (χ1v) is 5.02. The quantitative estimate of drug-likeness (QED) is 0.593. The number of allylic oxidation sites excluding steroid dienone is 1. The van der Waals surface area contributed by atoms with E-state index in [1.807, 2.05) is 5.41 Å². The SMILES string of the molecule is CC(C)S/C=C1\CCCC1=O. The zero-order chi connectivity index (χ0) is 8.27. The van der Waals surface area contributed by atoms with E-state index in [0.29, 0.717) is 11.0 Å². The van der Waals surface area contributed by atoms with Crippen LogP contribution >= 0.6 is 11.8 Å². The third kappa shape index (κ3) is 2.70. The normalized spacial score (nSPS) is 22.1. The van der Waals surface area contributed by atoms with Gasteiger partial charge in [0.2, 0.25) is 0 Å². The van der Waals surface area contributed by atoms with Crippen LogP contribution < -0.4 is 0 Å². The molecule has 11 heavy (non-hydrogen) atoms. The summed E-state index contributed by atoms with van der Waals surface area (Å²) >= 11 is 1.75. The average Bonchev–Trinajstić information content (AvgIpc) is 2.31. The van der Waals surface area contributed by atoms with Gasteiger partial charge in [0.15, 0.2) is 5.78 Å². The van der Waals surface area contributed by atoms with Crippen molar-refractivity contribution in [3.63, 3.8) is 0 Å². The summed E-state index contributed by atoms with van der Waals surface area (Å²) in [7, 11) is 0. The second-order valence-corrected chi connectivity index (χ2v) is 4.56. The van der Waals surface area contributed by atoms with Crippen LogP contribution in [0.1, 0.15) is 33.1 Å². The van der Waals surface area contributed by atoms with E-state index < -0.39 is 0 Å². The number of ketones is 1. The molecule has 0 aliphatic heterocycles. The van der Waals surface area contributed by atoms with Gasteiger partial charge in [-0.1, -0.05) is 13.8 Å². The molecule has 0 saturated heterocycles. The second-order valence-electron chi connectivity index (χ2n) is 3.10. The van der Waals surface area contributed by atoms with Crippen LogP contribution in [0.2, 0.25) is 0 Å². The fourth-order valence-corrected chi connectivity index (χ4v) is 1.77. The van der Waals surface area contributed by atoms with Crippen molar-refractivity contribution in [1.82, 2.24) is 0 Å². The van der Waals surface area contributed by atoms with Crippen LogP contribution in [0, 0.1) is 0 Å². The Morgan fingerprint density at radius 2 is 2.18 bits per heavy atom. The Morgan fingerprint density at radius 3 is 2.64 bits per heavy atom. The molecule has 1 aliphatic rings. The van der Waals surface area contributed by atoms with Crippen LogP contribution in [0.25, 0.3) is 0 Å². The van der Waals surface area contributed by atoms with Gasteiger partial charge in [-0.3, -0.25) is 4.79 Å². The molecule has 0 atom stereocenters. The maximum absolute atomic E-state index is 11.1. The second kappa shape index (κ2) is 3.96. The van der Waals surface area contributed by atoms with Crippen LogP contribution in [0.5, 0.6) is 0 Å². The number of hydrogen-bond acceptors (Lipinski definition) is 2. The Balaban J connectivity index is 2.45. The molecular weight excluding hydrogens is 156 g/mol.